The normalized spacial score (nSPS) is 11.7. The third-order valence-corrected chi connectivity index (χ3v) is 6.16. The maximum atomic E-state index is 13.0. The minimum atomic E-state index is -0.407. The van der Waals surface area contributed by atoms with Gasteiger partial charge in [0.05, 0.1) is 24.6 Å². The van der Waals surface area contributed by atoms with Gasteiger partial charge in [0.1, 0.15) is 5.75 Å². The van der Waals surface area contributed by atoms with E-state index in [-0.39, 0.29) is 5.91 Å². The van der Waals surface area contributed by atoms with E-state index in [1.54, 1.807) is 19.5 Å². The lowest BCUT2D eigenvalue weighted by atomic mass is 10.2. The first-order valence-corrected chi connectivity index (χ1v) is 11.4. The molecule has 0 bridgehead atoms. The van der Waals surface area contributed by atoms with Crippen molar-refractivity contribution < 1.29 is 9.53 Å². The summed E-state index contributed by atoms with van der Waals surface area (Å²) in [5.41, 5.74) is 3.67. The fourth-order valence-corrected chi connectivity index (χ4v) is 4.21. The van der Waals surface area contributed by atoms with Crippen LogP contribution in [0.3, 0.4) is 0 Å². The van der Waals surface area contributed by atoms with E-state index in [1.807, 2.05) is 66.9 Å². The SMILES string of the molecule is COc1ccc(C)cc1NC(=O)C(C)Sc1nnc(-c2cccnc2)n1Cc1ccccc1. The molecule has 4 rings (SSSR count). The molecule has 0 aliphatic rings. The first kappa shape index (κ1) is 22.5. The lowest BCUT2D eigenvalue weighted by Crippen LogP contribution is -2.23. The van der Waals surface area contributed by atoms with E-state index in [4.69, 9.17) is 4.74 Å². The molecule has 0 radical (unpaired) electrons. The van der Waals surface area contributed by atoms with E-state index in [0.717, 1.165) is 16.7 Å². The van der Waals surface area contributed by atoms with Crippen molar-refractivity contribution >= 4 is 23.4 Å². The molecule has 1 atom stereocenters. The summed E-state index contributed by atoms with van der Waals surface area (Å²) in [6.07, 6.45) is 3.49. The van der Waals surface area contributed by atoms with Crippen LogP contribution in [0, 0.1) is 6.92 Å². The number of hydrogen-bond acceptors (Lipinski definition) is 6. The number of ether oxygens (including phenoxy) is 1. The Kier molecular flexibility index (Phi) is 7.04. The number of carbonyl (C=O) groups excluding carboxylic acids is 1. The number of methoxy groups -OCH3 is 1. The molecular weight excluding hydrogens is 434 g/mol. The van der Waals surface area contributed by atoms with Gasteiger partial charge in [-0.15, -0.1) is 10.2 Å². The second-order valence-electron chi connectivity index (χ2n) is 7.57. The maximum Gasteiger partial charge on any atom is 0.237 e. The van der Waals surface area contributed by atoms with Crippen LogP contribution >= 0.6 is 11.8 Å². The molecule has 1 amide bonds. The number of anilines is 1. The molecule has 0 fully saturated rings. The number of benzene rings is 2. The summed E-state index contributed by atoms with van der Waals surface area (Å²) >= 11 is 1.37. The van der Waals surface area contributed by atoms with E-state index in [9.17, 15) is 4.79 Å². The van der Waals surface area contributed by atoms with Gasteiger partial charge in [-0.3, -0.25) is 14.3 Å². The average Bonchev–Trinajstić information content (AvgIpc) is 3.22. The number of thioether (sulfide) groups is 1. The van der Waals surface area contributed by atoms with Gasteiger partial charge in [-0.05, 0) is 49.2 Å². The van der Waals surface area contributed by atoms with Gasteiger partial charge < -0.3 is 10.1 Å². The molecule has 4 aromatic rings. The number of hydrogen-bond donors (Lipinski definition) is 1. The van der Waals surface area contributed by atoms with Crippen LogP contribution in [-0.2, 0) is 11.3 Å². The van der Waals surface area contributed by atoms with E-state index in [1.165, 1.54) is 11.8 Å². The second kappa shape index (κ2) is 10.3. The molecule has 2 aromatic carbocycles. The van der Waals surface area contributed by atoms with E-state index >= 15 is 0 Å². The van der Waals surface area contributed by atoms with Crippen molar-refractivity contribution in [1.29, 1.82) is 0 Å². The predicted octanol–water partition coefficient (Wildman–Crippen LogP) is 4.82. The number of carbonyl (C=O) groups is 1. The molecular formula is C25H25N5O2S. The summed E-state index contributed by atoms with van der Waals surface area (Å²) in [5.74, 6) is 1.20. The second-order valence-corrected chi connectivity index (χ2v) is 8.88. The number of amides is 1. The minimum Gasteiger partial charge on any atom is -0.495 e. The fourth-order valence-electron chi connectivity index (χ4n) is 3.36. The van der Waals surface area contributed by atoms with Crippen LogP contribution in [0.5, 0.6) is 5.75 Å². The van der Waals surface area contributed by atoms with Gasteiger partial charge in [-0.25, -0.2) is 0 Å². The monoisotopic (exact) mass is 459 g/mol. The van der Waals surface area contributed by atoms with Gasteiger partial charge in [-0.1, -0.05) is 48.2 Å². The van der Waals surface area contributed by atoms with Gasteiger partial charge in [0.15, 0.2) is 11.0 Å². The highest BCUT2D eigenvalue weighted by molar-refractivity contribution is 8.00. The molecule has 0 spiro atoms. The Bertz CT molecular complexity index is 1230. The van der Waals surface area contributed by atoms with Crippen molar-refractivity contribution in [3.63, 3.8) is 0 Å². The van der Waals surface area contributed by atoms with Crippen LogP contribution in [0.25, 0.3) is 11.4 Å². The highest BCUT2D eigenvalue weighted by Gasteiger charge is 2.22. The Hall–Kier alpha value is -3.65. The highest BCUT2D eigenvalue weighted by atomic mass is 32.2. The van der Waals surface area contributed by atoms with Gasteiger partial charge >= 0.3 is 0 Å². The highest BCUT2D eigenvalue weighted by Crippen LogP contribution is 2.30. The van der Waals surface area contributed by atoms with Crippen molar-refractivity contribution in [2.75, 3.05) is 12.4 Å². The molecule has 1 N–H and O–H groups in total. The number of aromatic nitrogens is 4. The van der Waals surface area contributed by atoms with Gasteiger partial charge in [0, 0.05) is 18.0 Å². The van der Waals surface area contributed by atoms with Crippen LogP contribution in [0.4, 0.5) is 5.69 Å². The summed E-state index contributed by atoms with van der Waals surface area (Å²) in [6, 6.07) is 19.6. The van der Waals surface area contributed by atoms with Gasteiger partial charge in [0.2, 0.25) is 5.91 Å². The van der Waals surface area contributed by atoms with Crippen LogP contribution in [0.1, 0.15) is 18.1 Å². The average molecular weight is 460 g/mol. The summed E-state index contributed by atoms with van der Waals surface area (Å²) in [7, 11) is 1.59. The standard InChI is InChI=1S/C25H25N5O2S/c1-17-11-12-22(32-3)21(14-17)27-24(31)18(2)33-25-29-28-23(20-10-7-13-26-15-20)30(25)16-19-8-5-4-6-9-19/h4-15,18H,16H2,1-3H3,(H,27,31). The van der Waals surface area contributed by atoms with Crippen molar-refractivity contribution in [3.05, 3.63) is 84.2 Å². The summed E-state index contributed by atoms with van der Waals surface area (Å²) in [6.45, 7) is 4.41. The zero-order valence-corrected chi connectivity index (χ0v) is 19.5. The molecule has 1 unspecified atom stereocenters. The van der Waals surface area contributed by atoms with Crippen molar-refractivity contribution in [2.45, 2.75) is 30.8 Å². The summed E-state index contributed by atoms with van der Waals surface area (Å²) in [4.78, 5) is 17.2. The molecule has 2 aromatic heterocycles. The molecule has 0 aliphatic heterocycles. The Morgan fingerprint density at radius 1 is 1.12 bits per heavy atom. The quantitative estimate of drug-likeness (QED) is 0.380. The Balaban J connectivity index is 1.59. The predicted molar refractivity (Wildman–Crippen MR) is 130 cm³/mol. The Morgan fingerprint density at radius 3 is 2.67 bits per heavy atom. The van der Waals surface area contributed by atoms with Crippen LogP contribution in [0.15, 0.2) is 78.2 Å². The molecule has 0 aliphatic carbocycles. The van der Waals surface area contributed by atoms with Gasteiger partial charge in [-0.2, -0.15) is 0 Å². The summed E-state index contributed by atoms with van der Waals surface area (Å²) in [5, 5.41) is 12.1. The first-order chi connectivity index (χ1) is 16.0. The topological polar surface area (TPSA) is 81.9 Å². The Morgan fingerprint density at radius 2 is 1.94 bits per heavy atom. The zero-order chi connectivity index (χ0) is 23.2. The molecule has 0 saturated carbocycles. The third kappa shape index (κ3) is 5.40. The lowest BCUT2D eigenvalue weighted by Gasteiger charge is -2.15. The zero-order valence-electron chi connectivity index (χ0n) is 18.7. The van der Waals surface area contributed by atoms with Crippen LogP contribution < -0.4 is 10.1 Å². The van der Waals surface area contributed by atoms with Crippen LogP contribution in [-0.4, -0.2) is 38.0 Å². The molecule has 0 saturated heterocycles. The fraction of sp³-hybridized carbons (Fsp3) is 0.200. The molecule has 7 nitrogen and oxygen atoms in total. The minimum absolute atomic E-state index is 0.138. The number of aryl methyl sites for hydroxylation is 1. The molecule has 168 valence electrons. The van der Waals surface area contributed by atoms with E-state index in [0.29, 0.717) is 29.0 Å². The van der Waals surface area contributed by atoms with Gasteiger partial charge in [0.25, 0.3) is 0 Å². The number of pyridine rings is 1. The number of rotatable bonds is 8. The number of nitrogens with one attached hydrogen (secondary N) is 1. The molecule has 2 heterocycles. The van der Waals surface area contributed by atoms with E-state index < -0.39 is 5.25 Å². The van der Waals surface area contributed by atoms with Crippen molar-refractivity contribution in [2.24, 2.45) is 0 Å². The molecule has 33 heavy (non-hydrogen) atoms. The molecule has 8 heteroatoms. The van der Waals surface area contributed by atoms with Crippen LogP contribution in [0.2, 0.25) is 0 Å². The largest absolute Gasteiger partial charge is 0.495 e. The van der Waals surface area contributed by atoms with Crippen molar-refractivity contribution in [1.82, 2.24) is 19.7 Å². The Labute approximate surface area is 197 Å². The smallest absolute Gasteiger partial charge is 0.237 e. The maximum absolute atomic E-state index is 13.0. The van der Waals surface area contributed by atoms with Crippen molar-refractivity contribution in [3.8, 4) is 17.1 Å². The van der Waals surface area contributed by atoms with E-state index in [2.05, 4.69) is 32.6 Å². The lowest BCUT2D eigenvalue weighted by molar-refractivity contribution is -0.115. The third-order valence-electron chi connectivity index (χ3n) is 5.08. The number of nitrogens with zero attached hydrogens (tertiary/aromatic N) is 4. The first-order valence-electron chi connectivity index (χ1n) is 10.5. The summed E-state index contributed by atoms with van der Waals surface area (Å²) < 4.78 is 7.41.